The molecular weight excluding hydrogens is 328 g/mol. The zero-order valence-electron chi connectivity index (χ0n) is 13.7. The maximum atomic E-state index is 12.2. The van der Waals surface area contributed by atoms with Gasteiger partial charge >= 0.3 is 6.03 Å². The van der Waals surface area contributed by atoms with E-state index in [0.29, 0.717) is 35.2 Å². The largest absolute Gasteiger partial charge is 0.454 e. The lowest BCUT2D eigenvalue weighted by molar-refractivity contribution is 0.167. The molecule has 2 N–H and O–H groups in total. The molecule has 0 spiro atoms. The van der Waals surface area contributed by atoms with E-state index in [1.54, 1.807) is 38.2 Å². The molecule has 0 aliphatic rings. The second-order valence-electron chi connectivity index (χ2n) is 5.52. The molecule has 1 atom stereocenters. The van der Waals surface area contributed by atoms with Gasteiger partial charge in [0.05, 0.1) is 16.8 Å². The molecule has 2 aromatic rings. The van der Waals surface area contributed by atoms with E-state index >= 15 is 0 Å². The molecule has 5 nitrogen and oxygen atoms in total. The first-order valence-electron chi connectivity index (χ1n) is 7.69. The molecule has 24 heavy (non-hydrogen) atoms. The maximum absolute atomic E-state index is 12.2. The van der Waals surface area contributed by atoms with Gasteiger partial charge in [0, 0.05) is 13.6 Å². The van der Waals surface area contributed by atoms with Crippen LogP contribution in [0.3, 0.4) is 0 Å². The molecule has 0 bridgehead atoms. The van der Waals surface area contributed by atoms with Crippen molar-refractivity contribution in [3.05, 3.63) is 53.6 Å². The fourth-order valence-electron chi connectivity index (χ4n) is 2.00. The van der Waals surface area contributed by atoms with Crippen LogP contribution in [0, 0.1) is 0 Å². The molecule has 0 radical (unpaired) electrons. The number of hydrogen-bond acceptors (Lipinski definition) is 3. The lowest BCUT2D eigenvalue weighted by atomic mass is 10.2. The summed E-state index contributed by atoms with van der Waals surface area (Å²) in [6.07, 6.45) is 0.0675. The smallest absolute Gasteiger partial charge is 0.321 e. The van der Waals surface area contributed by atoms with Gasteiger partial charge in [-0.3, -0.25) is 0 Å². The number of urea groups is 1. The Bertz CT molecular complexity index is 691. The van der Waals surface area contributed by atoms with Crippen LogP contribution in [0.5, 0.6) is 11.5 Å². The summed E-state index contributed by atoms with van der Waals surface area (Å²) in [4.78, 5) is 13.8. The average molecular weight is 349 g/mol. The fourth-order valence-corrected chi connectivity index (χ4v) is 2.17. The highest BCUT2D eigenvalue weighted by Crippen LogP contribution is 2.33. The molecule has 0 heterocycles. The number of carbonyl (C=O) groups excluding carboxylic acids is 1. The van der Waals surface area contributed by atoms with E-state index in [0.717, 1.165) is 0 Å². The third-order valence-electron chi connectivity index (χ3n) is 3.41. The monoisotopic (exact) mass is 348 g/mol. The Morgan fingerprint density at radius 2 is 1.83 bits per heavy atom. The Labute approximate surface area is 146 Å². The van der Waals surface area contributed by atoms with Crippen molar-refractivity contribution in [1.29, 1.82) is 0 Å². The lowest BCUT2D eigenvalue weighted by Crippen LogP contribution is -2.33. The summed E-state index contributed by atoms with van der Waals surface area (Å²) >= 11 is 6.11. The van der Waals surface area contributed by atoms with E-state index < -0.39 is 6.10 Å². The van der Waals surface area contributed by atoms with Crippen molar-refractivity contribution >= 4 is 23.3 Å². The normalized spacial score (nSPS) is 11.7. The van der Waals surface area contributed by atoms with Crippen molar-refractivity contribution in [2.75, 3.05) is 18.9 Å². The van der Waals surface area contributed by atoms with E-state index in [-0.39, 0.29) is 6.03 Å². The standard InChI is InChI=1S/C18H21ClN2O3/c1-13(22)11-12-21(2)18(23)20-15-8-4-6-10-17(15)24-16-9-5-3-7-14(16)19/h3-10,13,22H,11-12H2,1-2H3,(H,20,23). The highest BCUT2D eigenvalue weighted by Gasteiger charge is 2.13. The number of benzene rings is 2. The maximum Gasteiger partial charge on any atom is 0.321 e. The van der Waals surface area contributed by atoms with Crippen LogP contribution in [0.25, 0.3) is 0 Å². The Morgan fingerprint density at radius 1 is 1.21 bits per heavy atom. The molecule has 1 unspecified atom stereocenters. The molecule has 2 amide bonds. The second kappa shape index (κ2) is 8.57. The van der Waals surface area contributed by atoms with Crippen molar-refractivity contribution in [2.45, 2.75) is 19.4 Å². The molecule has 0 saturated heterocycles. The summed E-state index contributed by atoms with van der Waals surface area (Å²) in [6.45, 7) is 2.15. The van der Waals surface area contributed by atoms with Crippen LogP contribution in [0.4, 0.5) is 10.5 Å². The van der Waals surface area contributed by atoms with Gasteiger partial charge in [0.15, 0.2) is 5.75 Å². The molecule has 6 heteroatoms. The van der Waals surface area contributed by atoms with E-state index in [1.807, 2.05) is 24.3 Å². The Morgan fingerprint density at radius 3 is 2.50 bits per heavy atom. The summed E-state index contributed by atoms with van der Waals surface area (Å²) in [5, 5.41) is 12.6. The summed E-state index contributed by atoms with van der Waals surface area (Å²) in [6, 6.07) is 14.0. The molecule has 0 fully saturated rings. The molecular formula is C18H21ClN2O3. The van der Waals surface area contributed by atoms with Crippen molar-refractivity contribution < 1.29 is 14.6 Å². The third kappa shape index (κ3) is 5.15. The minimum Gasteiger partial charge on any atom is -0.454 e. The van der Waals surface area contributed by atoms with E-state index in [1.165, 1.54) is 4.90 Å². The van der Waals surface area contributed by atoms with Gasteiger partial charge in [-0.2, -0.15) is 0 Å². The summed E-state index contributed by atoms with van der Waals surface area (Å²) in [5.74, 6) is 1.02. The van der Waals surface area contributed by atoms with Gasteiger partial charge in [0.2, 0.25) is 0 Å². The van der Waals surface area contributed by atoms with Gasteiger partial charge < -0.3 is 20.1 Å². The number of anilines is 1. The van der Waals surface area contributed by atoms with Gasteiger partial charge in [-0.05, 0) is 37.6 Å². The number of para-hydroxylation sites is 3. The molecule has 0 aliphatic carbocycles. The number of nitrogens with zero attached hydrogens (tertiary/aromatic N) is 1. The number of nitrogens with one attached hydrogen (secondary N) is 1. The summed E-state index contributed by atoms with van der Waals surface area (Å²) in [5.41, 5.74) is 0.548. The fraction of sp³-hybridized carbons (Fsp3) is 0.278. The van der Waals surface area contributed by atoms with Crippen molar-refractivity contribution in [3.8, 4) is 11.5 Å². The van der Waals surface area contributed by atoms with Crippen LogP contribution in [0.15, 0.2) is 48.5 Å². The number of hydrogen-bond donors (Lipinski definition) is 2. The second-order valence-corrected chi connectivity index (χ2v) is 5.93. The number of halogens is 1. The highest BCUT2D eigenvalue weighted by atomic mass is 35.5. The van der Waals surface area contributed by atoms with Crippen LogP contribution in [-0.2, 0) is 0 Å². The number of rotatable bonds is 6. The lowest BCUT2D eigenvalue weighted by Gasteiger charge is -2.20. The predicted octanol–water partition coefficient (Wildman–Crippen LogP) is 4.37. The van der Waals surface area contributed by atoms with Crippen molar-refractivity contribution in [3.63, 3.8) is 0 Å². The van der Waals surface area contributed by atoms with E-state index in [4.69, 9.17) is 16.3 Å². The number of amides is 2. The minimum absolute atomic E-state index is 0.272. The molecule has 2 rings (SSSR count). The average Bonchev–Trinajstić information content (AvgIpc) is 2.56. The first-order chi connectivity index (χ1) is 11.5. The summed E-state index contributed by atoms with van der Waals surface area (Å²) in [7, 11) is 1.68. The summed E-state index contributed by atoms with van der Waals surface area (Å²) < 4.78 is 5.81. The molecule has 128 valence electrons. The number of aliphatic hydroxyl groups excluding tert-OH is 1. The van der Waals surface area contributed by atoms with Gasteiger partial charge in [-0.15, -0.1) is 0 Å². The SMILES string of the molecule is CC(O)CCN(C)C(=O)Nc1ccccc1Oc1ccccc1Cl. The quantitative estimate of drug-likeness (QED) is 0.815. The highest BCUT2D eigenvalue weighted by molar-refractivity contribution is 6.32. The Balaban J connectivity index is 2.09. The zero-order chi connectivity index (χ0) is 17.5. The number of aliphatic hydroxyl groups is 1. The Kier molecular flexibility index (Phi) is 6.46. The van der Waals surface area contributed by atoms with Gasteiger partial charge in [0.1, 0.15) is 5.75 Å². The molecule has 0 saturated carbocycles. The minimum atomic E-state index is -0.448. The van der Waals surface area contributed by atoms with Crippen molar-refractivity contribution in [1.82, 2.24) is 4.90 Å². The molecule has 2 aromatic carbocycles. The van der Waals surface area contributed by atoms with Crippen LogP contribution in [-0.4, -0.2) is 35.7 Å². The van der Waals surface area contributed by atoms with Crippen LogP contribution >= 0.6 is 11.6 Å². The number of carbonyl (C=O) groups is 1. The third-order valence-corrected chi connectivity index (χ3v) is 3.73. The molecule has 0 aliphatic heterocycles. The van der Waals surface area contributed by atoms with Gasteiger partial charge in [-0.25, -0.2) is 4.79 Å². The van der Waals surface area contributed by atoms with Gasteiger partial charge in [0.25, 0.3) is 0 Å². The first kappa shape index (κ1) is 18.1. The van der Waals surface area contributed by atoms with Crippen LogP contribution in [0.2, 0.25) is 5.02 Å². The topological polar surface area (TPSA) is 61.8 Å². The first-order valence-corrected chi connectivity index (χ1v) is 8.06. The van der Waals surface area contributed by atoms with Crippen LogP contribution < -0.4 is 10.1 Å². The van der Waals surface area contributed by atoms with Gasteiger partial charge in [-0.1, -0.05) is 35.9 Å². The van der Waals surface area contributed by atoms with Crippen LogP contribution in [0.1, 0.15) is 13.3 Å². The number of ether oxygens (including phenoxy) is 1. The molecule has 0 aromatic heterocycles. The van der Waals surface area contributed by atoms with Crippen molar-refractivity contribution in [2.24, 2.45) is 0 Å². The Hall–Kier alpha value is -2.24. The van der Waals surface area contributed by atoms with E-state index in [9.17, 15) is 9.90 Å². The zero-order valence-corrected chi connectivity index (χ0v) is 14.5. The predicted molar refractivity (Wildman–Crippen MR) is 95.9 cm³/mol. The van der Waals surface area contributed by atoms with E-state index in [2.05, 4.69) is 5.32 Å².